The first kappa shape index (κ1) is 20.5. The minimum absolute atomic E-state index is 0.180. The number of carbonyl (C=O) groups excluding carboxylic acids is 2. The monoisotopic (exact) mass is 430 g/mol. The first-order chi connectivity index (χ1) is 14.6. The molecule has 1 aliphatic rings. The van der Waals surface area contributed by atoms with E-state index in [1.165, 1.54) is 30.3 Å². The van der Waals surface area contributed by atoms with Gasteiger partial charge >= 0.3 is 6.18 Å². The van der Waals surface area contributed by atoms with Crippen LogP contribution in [0.1, 0.15) is 28.5 Å². The van der Waals surface area contributed by atoms with Crippen LogP contribution in [-0.2, 0) is 11.0 Å². The highest BCUT2D eigenvalue weighted by atomic mass is 19.4. The molecule has 7 nitrogen and oxygen atoms in total. The molecule has 0 spiro atoms. The maximum atomic E-state index is 13.8. The summed E-state index contributed by atoms with van der Waals surface area (Å²) in [6, 6.07) is 10.7. The van der Waals surface area contributed by atoms with Gasteiger partial charge in [0.25, 0.3) is 11.8 Å². The van der Waals surface area contributed by atoms with Crippen LogP contribution >= 0.6 is 0 Å². The van der Waals surface area contributed by atoms with Crippen molar-refractivity contribution in [3.63, 3.8) is 0 Å². The van der Waals surface area contributed by atoms with Crippen LogP contribution in [0.15, 0.2) is 48.7 Å². The highest BCUT2D eigenvalue weighted by Crippen LogP contribution is 2.35. The Balaban J connectivity index is 1.66. The van der Waals surface area contributed by atoms with Gasteiger partial charge in [-0.3, -0.25) is 9.59 Å². The number of hydrogen-bond donors (Lipinski definition) is 2. The van der Waals surface area contributed by atoms with Crippen LogP contribution in [0.25, 0.3) is 5.69 Å². The van der Waals surface area contributed by atoms with Crippen LogP contribution in [0, 0.1) is 6.92 Å². The molecule has 2 heterocycles. The third kappa shape index (κ3) is 3.96. The number of nitrogens with zero attached hydrogens (tertiary/aromatic N) is 2. The maximum Gasteiger partial charge on any atom is 0.434 e. The van der Waals surface area contributed by atoms with Gasteiger partial charge in [-0.05, 0) is 44.2 Å². The van der Waals surface area contributed by atoms with E-state index in [2.05, 4.69) is 15.7 Å². The topological polar surface area (TPSA) is 85.3 Å². The van der Waals surface area contributed by atoms with Gasteiger partial charge in [-0.1, -0.05) is 17.7 Å². The van der Waals surface area contributed by atoms with Gasteiger partial charge in [-0.15, -0.1) is 0 Å². The number of halogens is 3. The fraction of sp³-hybridized carbons (Fsp3) is 0.190. The fourth-order valence-corrected chi connectivity index (χ4v) is 3.15. The third-order valence-electron chi connectivity index (χ3n) is 4.73. The second-order valence-corrected chi connectivity index (χ2v) is 7.07. The van der Waals surface area contributed by atoms with E-state index in [-0.39, 0.29) is 17.3 Å². The van der Waals surface area contributed by atoms with Crippen LogP contribution in [0.4, 0.5) is 24.5 Å². The number of fused-ring (bicyclic) bond motifs is 1. The molecule has 3 aromatic rings. The summed E-state index contributed by atoms with van der Waals surface area (Å²) in [7, 11) is 0. The van der Waals surface area contributed by atoms with Crippen molar-refractivity contribution in [1.82, 2.24) is 9.78 Å². The predicted molar refractivity (Wildman–Crippen MR) is 106 cm³/mol. The lowest BCUT2D eigenvalue weighted by atomic mass is 10.1. The quantitative estimate of drug-likeness (QED) is 0.653. The summed E-state index contributed by atoms with van der Waals surface area (Å²) in [5.74, 6) is -0.954. The van der Waals surface area contributed by atoms with Gasteiger partial charge in [-0.2, -0.15) is 18.3 Å². The van der Waals surface area contributed by atoms with Gasteiger partial charge in [0.15, 0.2) is 11.8 Å². The molecule has 2 amide bonds. The molecule has 1 aromatic heterocycles. The molecule has 10 heteroatoms. The van der Waals surface area contributed by atoms with Gasteiger partial charge in [0.2, 0.25) is 0 Å². The molecule has 4 rings (SSSR count). The summed E-state index contributed by atoms with van der Waals surface area (Å²) >= 11 is 0. The molecule has 31 heavy (non-hydrogen) atoms. The first-order valence-electron chi connectivity index (χ1n) is 9.28. The van der Waals surface area contributed by atoms with Crippen molar-refractivity contribution in [3.05, 3.63) is 65.5 Å². The number of nitrogens with one attached hydrogen (secondary N) is 2. The Morgan fingerprint density at radius 1 is 1.19 bits per heavy atom. The number of amides is 2. The van der Waals surface area contributed by atoms with E-state index in [0.29, 0.717) is 16.1 Å². The summed E-state index contributed by atoms with van der Waals surface area (Å²) in [6.45, 7) is 3.39. The smallest absolute Gasteiger partial charge is 0.434 e. The summed E-state index contributed by atoms with van der Waals surface area (Å²) in [5, 5.41) is 8.83. The normalized spacial score (nSPS) is 15.6. The predicted octanol–water partition coefficient (Wildman–Crippen LogP) is 4.17. The molecular formula is C21H17F3N4O3. The Morgan fingerprint density at radius 3 is 2.58 bits per heavy atom. The lowest BCUT2D eigenvalue weighted by Crippen LogP contribution is -2.34. The van der Waals surface area contributed by atoms with Crippen molar-refractivity contribution in [2.75, 3.05) is 10.6 Å². The van der Waals surface area contributed by atoms with Crippen LogP contribution in [0.5, 0.6) is 5.75 Å². The minimum atomic E-state index is -4.82. The average molecular weight is 430 g/mol. The highest BCUT2D eigenvalue weighted by Gasteiger charge is 2.40. The number of carbonyl (C=O) groups is 2. The van der Waals surface area contributed by atoms with Crippen LogP contribution < -0.4 is 15.4 Å². The zero-order chi connectivity index (χ0) is 22.3. The summed E-state index contributed by atoms with van der Waals surface area (Å²) in [5.41, 5.74) is -0.247. The second kappa shape index (κ2) is 7.46. The molecule has 0 bridgehead atoms. The van der Waals surface area contributed by atoms with Crippen molar-refractivity contribution in [3.8, 4) is 11.4 Å². The van der Waals surface area contributed by atoms with E-state index >= 15 is 0 Å². The number of ether oxygens (including phenoxy) is 1. The SMILES string of the molecule is Cc1ccc(-n2ncc(C(=O)Nc3ccc4c(c3)NC(=O)C(C)O4)c2C(F)(F)F)cc1. The number of benzene rings is 2. The van der Waals surface area contributed by atoms with Gasteiger partial charge in [0, 0.05) is 5.69 Å². The van der Waals surface area contributed by atoms with E-state index < -0.39 is 29.4 Å². The van der Waals surface area contributed by atoms with Crippen LogP contribution in [0.3, 0.4) is 0 Å². The Hall–Kier alpha value is -3.82. The van der Waals surface area contributed by atoms with E-state index in [1.807, 2.05) is 6.92 Å². The lowest BCUT2D eigenvalue weighted by molar-refractivity contribution is -0.143. The van der Waals surface area contributed by atoms with Gasteiger partial charge < -0.3 is 15.4 Å². The number of rotatable bonds is 3. The molecule has 0 saturated heterocycles. The molecule has 1 atom stereocenters. The first-order valence-corrected chi connectivity index (χ1v) is 9.28. The average Bonchev–Trinajstić information content (AvgIpc) is 3.15. The summed E-state index contributed by atoms with van der Waals surface area (Å²) in [6.07, 6.45) is -4.61. The molecular weight excluding hydrogens is 413 g/mol. The lowest BCUT2D eigenvalue weighted by Gasteiger charge is -2.23. The van der Waals surface area contributed by atoms with Crippen molar-refractivity contribution >= 4 is 23.2 Å². The van der Waals surface area contributed by atoms with Gasteiger partial charge in [0.1, 0.15) is 5.75 Å². The van der Waals surface area contributed by atoms with Crippen LogP contribution in [0.2, 0.25) is 0 Å². The molecule has 0 aliphatic carbocycles. The molecule has 2 N–H and O–H groups in total. The van der Waals surface area contributed by atoms with Crippen LogP contribution in [-0.4, -0.2) is 27.7 Å². The Morgan fingerprint density at radius 2 is 1.90 bits per heavy atom. The number of anilines is 2. The van der Waals surface area contributed by atoms with Gasteiger partial charge in [-0.25, -0.2) is 4.68 Å². The number of aryl methyl sites for hydroxylation is 1. The maximum absolute atomic E-state index is 13.8. The van der Waals surface area contributed by atoms with E-state index in [1.54, 1.807) is 19.1 Å². The molecule has 0 radical (unpaired) electrons. The standard InChI is InChI=1S/C21H17F3N4O3/c1-11-3-6-14(7-4-11)28-18(21(22,23)24)15(10-25-28)20(30)26-13-5-8-17-16(9-13)27-19(29)12(2)31-17/h3-10,12H,1-2H3,(H,26,30)(H,27,29). The second-order valence-electron chi connectivity index (χ2n) is 7.07. The summed E-state index contributed by atoms with van der Waals surface area (Å²) < 4.78 is 47.5. The molecule has 1 aliphatic heterocycles. The van der Waals surface area contributed by atoms with Crippen molar-refractivity contribution < 1.29 is 27.5 Å². The number of alkyl halides is 3. The zero-order valence-corrected chi connectivity index (χ0v) is 16.4. The highest BCUT2D eigenvalue weighted by molar-refractivity contribution is 6.06. The molecule has 160 valence electrons. The van der Waals surface area contributed by atoms with Gasteiger partial charge in [0.05, 0.1) is 23.1 Å². The third-order valence-corrected chi connectivity index (χ3v) is 4.73. The molecule has 0 fully saturated rings. The Kier molecular flexibility index (Phi) is 4.92. The minimum Gasteiger partial charge on any atom is -0.479 e. The molecule has 0 saturated carbocycles. The Labute approximate surface area is 174 Å². The molecule has 1 unspecified atom stereocenters. The van der Waals surface area contributed by atoms with E-state index in [4.69, 9.17) is 4.74 Å². The number of aromatic nitrogens is 2. The number of hydrogen-bond acceptors (Lipinski definition) is 4. The zero-order valence-electron chi connectivity index (χ0n) is 16.4. The van der Waals surface area contributed by atoms with Crippen molar-refractivity contribution in [2.45, 2.75) is 26.1 Å². The summed E-state index contributed by atoms with van der Waals surface area (Å²) in [4.78, 5) is 24.4. The largest absolute Gasteiger partial charge is 0.479 e. The fourth-order valence-electron chi connectivity index (χ4n) is 3.15. The van der Waals surface area contributed by atoms with E-state index in [0.717, 1.165) is 11.8 Å². The molecule has 2 aromatic carbocycles. The Bertz CT molecular complexity index is 1170. The van der Waals surface area contributed by atoms with E-state index in [9.17, 15) is 22.8 Å². The van der Waals surface area contributed by atoms with Crippen molar-refractivity contribution in [2.24, 2.45) is 0 Å². The van der Waals surface area contributed by atoms with Crippen molar-refractivity contribution in [1.29, 1.82) is 0 Å².